The van der Waals surface area contributed by atoms with Crippen LogP contribution >= 0.6 is 12.4 Å². The van der Waals surface area contributed by atoms with E-state index >= 15 is 0 Å². The molecule has 1 heterocycles. The van der Waals surface area contributed by atoms with Crippen LogP contribution in [0, 0.1) is 0 Å². The second-order valence-electron chi connectivity index (χ2n) is 6.42. The zero-order valence-corrected chi connectivity index (χ0v) is 17.2. The van der Waals surface area contributed by atoms with Crippen molar-refractivity contribution in [2.24, 2.45) is 0 Å². The summed E-state index contributed by atoms with van der Waals surface area (Å²) in [6.45, 7) is 5.17. The number of halogens is 1. The summed E-state index contributed by atoms with van der Waals surface area (Å²) in [5.74, 6) is -1.32. The number of rotatable bonds is 7. The Morgan fingerprint density at radius 2 is 1.74 bits per heavy atom. The van der Waals surface area contributed by atoms with E-state index in [1.165, 1.54) is 43.3 Å². The molecule has 0 aromatic heterocycles. The largest absolute Gasteiger partial charge is 0.351 e. The summed E-state index contributed by atoms with van der Waals surface area (Å²) in [5.41, 5.74) is 0.392. The number of amides is 2. The summed E-state index contributed by atoms with van der Waals surface area (Å²) >= 11 is 0. The molecule has 0 radical (unpaired) electrons. The van der Waals surface area contributed by atoms with Crippen LogP contribution in [0.15, 0.2) is 29.2 Å². The van der Waals surface area contributed by atoms with Gasteiger partial charge in [0.1, 0.15) is 5.75 Å². The molecule has 152 valence electrons. The zero-order valence-electron chi connectivity index (χ0n) is 15.6. The van der Waals surface area contributed by atoms with Crippen LogP contribution in [0.1, 0.15) is 10.4 Å². The average Bonchev–Trinajstić information content (AvgIpc) is 2.62. The fourth-order valence-electron chi connectivity index (χ4n) is 2.55. The van der Waals surface area contributed by atoms with Crippen molar-refractivity contribution in [2.45, 2.75) is 4.90 Å². The van der Waals surface area contributed by atoms with Gasteiger partial charge >= 0.3 is 0 Å². The fourth-order valence-corrected chi connectivity index (χ4v) is 3.85. The molecule has 2 N–H and O–H groups in total. The lowest BCUT2D eigenvalue weighted by Gasteiger charge is -2.27. The number of hydrogen-bond donors (Lipinski definition) is 2. The highest BCUT2D eigenvalue weighted by Crippen LogP contribution is 2.13. The normalized spacial score (nSPS) is 14.9. The molecule has 2 amide bonds. The first-order valence-corrected chi connectivity index (χ1v) is 10.2. The number of hydrogen-bond acceptors (Lipinski definition) is 6. The van der Waals surface area contributed by atoms with Gasteiger partial charge in [-0.05, 0) is 24.3 Å². The predicted octanol–water partition coefficient (Wildman–Crippen LogP) is -0.395. The Hall–Kier alpha value is -1.68. The fraction of sp³-hybridized carbons (Fsp3) is 0.529. The lowest BCUT2D eigenvalue weighted by atomic mass is 10.2. The van der Waals surface area contributed by atoms with Crippen LogP contribution in [-0.4, -0.2) is 89.1 Å². The highest BCUT2D eigenvalue weighted by atomic mass is 35.5. The van der Waals surface area contributed by atoms with Crippen LogP contribution in [0.25, 0.3) is 0 Å². The van der Waals surface area contributed by atoms with E-state index in [-0.39, 0.29) is 23.2 Å². The summed E-state index contributed by atoms with van der Waals surface area (Å²) in [5, 5.41) is 6.11. The number of sulfone groups is 1. The second-order valence-corrected chi connectivity index (χ2v) is 8.41. The maximum absolute atomic E-state index is 12.2. The van der Waals surface area contributed by atoms with Gasteiger partial charge in [0.05, 0.1) is 4.90 Å². The maximum Gasteiger partial charge on any atom is 0.251 e. The topological polar surface area (TPSA) is 98.8 Å². The van der Waals surface area contributed by atoms with Gasteiger partial charge in [-0.2, -0.15) is 0 Å². The van der Waals surface area contributed by atoms with Gasteiger partial charge in [0, 0.05) is 58.9 Å². The van der Waals surface area contributed by atoms with Crippen LogP contribution in [0.4, 0.5) is 0 Å². The maximum atomic E-state index is 12.2. The van der Waals surface area contributed by atoms with E-state index < -0.39 is 21.5 Å². The van der Waals surface area contributed by atoms with E-state index in [1.807, 2.05) is 0 Å². The van der Waals surface area contributed by atoms with Crippen molar-refractivity contribution in [1.82, 2.24) is 20.4 Å². The number of piperazine rings is 1. The Kier molecular flexibility index (Phi) is 9.17. The molecule has 10 heteroatoms. The van der Waals surface area contributed by atoms with Gasteiger partial charge in [-0.15, -0.1) is 12.4 Å². The summed E-state index contributed by atoms with van der Waals surface area (Å²) in [6, 6.07) is 5.66. The predicted molar refractivity (Wildman–Crippen MR) is 106 cm³/mol. The molecule has 0 spiro atoms. The molecule has 1 aromatic carbocycles. The molecule has 0 aliphatic carbocycles. The van der Waals surface area contributed by atoms with Crippen molar-refractivity contribution in [1.29, 1.82) is 0 Å². The molecular formula is C17H27ClN4O4S. The SMILES string of the molecule is CN(C)C(=O)CS(=O)(=O)c1ccc(C(=O)NCCN2CCNCC2)cc1.Cl. The highest BCUT2D eigenvalue weighted by molar-refractivity contribution is 7.92. The third-order valence-electron chi connectivity index (χ3n) is 4.21. The van der Waals surface area contributed by atoms with Crippen LogP contribution in [0.3, 0.4) is 0 Å². The van der Waals surface area contributed by atoms with Crippen LogP contribution < -0.4 is 10.6 Å². The van der Waals surface area contributed by atoms with Crippen molar-refractivity contribution in [3.05, 3.63) is 29.8 Å². The van der Waals surface area contributed by atoms with E-state index in [0.717, 1.165) is 32.7 Å². The van der Waals surface area contributed by atoms with Crippen molar-refractivity contribution in [2.75, 3.05) is 59.1 Å². The Labute approximate surface area is 166 Å². The Morgan fingerprint density at radius 3 is 2.30 bits per heavy atom. The number of carbonyl (C=O) groups excluding carboxylic acids is 2. The Bertz CT molecular complexity index is 732. The number of benzene rings is 1. The third kappa shape index (κ3) is 7.10. The summed E-state index contributed by atoms with van der Waals surface area (Å²) in [7, 11) is -0.703. The molecule has 1 aliphatic rings. The number of nitrogens with one attached hydrogen (secondary N) is 2. The zero-order chi connectivity index (χ0) is 19.2. The molecule has 1 aromatic rings. The third-order valence-corrected chi connectivity index (χ3v) is 5.83. The van der Waals surface area contributed by atoms with Crippen molar-refractivity contribution in [3.8, 4) is 0 Å². The van der Waals surface area contributed by atoms with Crippen LogP contribution in [0.5, 0.6) is 0 Å². The average molecular weight is 419 g/mol. The molecule has 0 unspecified atom stereocenters. The first kappa shape index (κ1) is 23.4. The minimum atomic E-state index is -3.71. The molecule has 0 saturated carbocycles. The van der Waals surface area contributed by atoms with Gasteiger partial charge in [0.25, 0.3) is 5.91 Å². The van der Waals surface area contributed by atoms with E-state index in [1.54, 1.807) is 0 Å². The van der Waals surface area contributed by atoms with Gasteiger partial charge in [-0.1, -0.05) is 0 Å². The first-order chi connectivity index (χ1) is 12.3. The molecule has 8 nitrogen and oxygen atoms in total. The van der Waals surface area contributed by atoms with Crippen molar-refractivity contribution in [3.63, 3.8) is 0 Å². The minimum Gasteiger partial charge on any atom is -0.351 e. The van der Waals surface area contributed by atoms with Crippen molar-refractivity contribution >= 4 is 34.1 Å². The van der Waals surface area contributed by atoms with Crippen LogP contribution in [-0.2, 0) is 14.6 Å². The summed E-state index contributed by atoms with van der Waals surface area (Å²) < 4.78 is 24.4. The van der Waals surface area contributed by atoms with E-state index in [2.05, 4.69) is 15.5 Å². The quantitative estimate of drug-likeness (QED) is 0.625. The van der Waals surface area contributed by atoms with Gasteiger partial charge in [-0.3, -0.25) is 14.5 Å². The summed E-state index contributed by atoms with van der Waals surface area (Å²) in [6.07, 6.45) is 0. The van der Waals surface area contributed by atoms with Crippen LogP contribution in [0.2, 0.25) is 0 Å². The standard InChI is InChI=1S/C17H26N4O4S.ClH/c1-20(2)16(22)13-26(24,25)15-5-3-14(4-6-15)17(23)19-9-12-21-10-7-18-8-11-21;/h3-6,18H,7-13H2,1-2H3,(H,19,23);1H. The highest BCUT2D eigenvalue weighted by Gasteiger charge is 2.21. The number of nitrogens with zero attached hydrogens (tertiary/aromatic N) is 2. The molecule has 0 bridgehead atoms. The van der Waals surface area contributed by atoms with E-state index in [0.29, 0.717) is 12.1 Å². The molecule has 0 atom stereocenters. The van der Waals surface area contributed by atoms with Gasteiger partial charge in [0.2, 0.25) is 5.91 Å². The Morgan fingerprint density at radius 1 is 1.15 bits per heavy atom. The van der Waals surface area contributed by atoms with Gasteiger partial charge in [0.15, 0.2) is 9.84 Å². The number of carbonyl (C=O) groups is 2. The monoisotopic (exact) mass is 418 g/mol. The van der Waals surface area contributed by atoms with Gasteiger partial charge < -0.3 is 15.5 Å². The Balaban J connectivity index is 0.00000364. The molecule has 27 heavy (non-hydrogen) atoms. The van der Waals surface area contributed by atoms with Crippen molar-refractivity contribution < 1.29 is 18.0 Å². The summed E-state index contributed by atoms with van der Waals surface area (Å²) in [4.78, 5) is 27.3. The molecule has 1 saturated heterocycles. The smallest absolute Gasteiger partial charge is 0.251 e. The van der Waals surface area contributed by atoms with E-state index in [9.17, 15) is 18.0 Å². The molecular weight excluding hydrogens is 392 g/mol. The first-order valence-electron chi connectivity index (χ1n) is 8.54. The second kappa shape index (κ2) is 10.6. The lowest BCUT2D eigenvalue weighted by molar-refractivity contribution is -0.125. The molecule has 1 fully saturated rings. The minimum absolute atomic E-state index is 0. The van der Waals surface area contributed by atoms with Gasteiger partial charge in [-0.25, -0.2) is 8.42 Å². The molecule has 1 aliphatic heterocycles. The van der Waals surface area contributed by atoms with E-state index in [4.69, 9.17) is 0 Å². The lowest BCUT2D eigenvalue weighted by Crippen LogP contribution is -2.46. The molecule has 2 rings (SSSR count).